The standard InChI is InChI=1S/C13H18N6S2/c14-12(20)18-16-8-2-4-5-3-9(17-19-13(15)21)11-7(5)1-6(4)10(8)11/h4-7,10-11H,1-3H2,(H3,14,18,20)(H3,15,19,21). The monoisotopic (exact) mass is 322 g/mol. The van der Waals surface area contributed by atoms with Crippen LogP contribution >= 0.6 is 24.4 Å². The summed E-state index contributed by atoms with van der Waals surface area (Å²) in [5.41, 5.74) is 18.9. The lowest BCUT2D eigenvalue weighted by Crippen LogP contribution is -2.31. The van der Waals surface area contributed by atoms with Gasteiger partial charge in [-0.15, -0.1) is 0 Å². The van der Waals surface area contributed by atoms with Crippen molar-refractivity contribution in [2.45, 2.75) is 19.3 Å². The fourth-order valence-electron chi connectivity index (χ4n) is 5.42. The van der Waals surface area contributed by atoms with Gasteiger partial charge in [-0.3, -0.25) is 10.9 Å². The van der Waals surface area contributed by atoms with Gasteiger partial charge in [-0.25, -0.2) is 0 Å². The fourth-order valence-corrected chi connectivity index (χ4v) is 5.51. The first-order valence-electron chi connectivity index (χ1n) is 7.30. The number of nitrogens with two attached hydrogens (primary N) is 2. The molecule has 4 saturated carbocycles. The zero-order valence-electron chi connectivity index (χ0n) is 11.5. The molecule has 0 saturated heterocycles. The van der Waals surface area contributed by atoms with Crippen molar-refractivity contribution in [3.05, 3.63) is 0 Å². The number of hydrazone groups is 2. The number of fused-ring (bicyclic) bond motifs is 2. The van der Waals surface area contributed by atoms with Gasteiger partial charge in [0.2, 0.25) is 0 Å². The van der Waals surface area contributed by atoms with Gasteiger partial charge >= 0.3 is 0 Å². The average Bonchev–Trinajstić information content (AvgIpc) is 3.03. The van der Waals surface area contributed by atoms with E-state index in [2.05, 4.69) is 21.1 Å². The Bertz CT molecular complexity index is 531. The summed E-state index contributed by atoms with van der Waals surface area (Å²) in [6.45, 7) is 0. The van der Waals surface area contributed by atoms with E-state index in [0.29, 0.717) is 11.8 Å². The molecule has 4 fully saturated rings. The molecule has 4 rings (SSSR count). The molecular formula is C13H18N6S2. The third-order valence-electron chi connectivity index (χ3n) is 5.78. The van der Waals surface area contributed by atoms with E-state index in [4.69, 9.17) is 35.9 Å². The molecule has 0 aromatic carbocycles. The zero-order chi connectivity index (χ0) is 14.7. The van der Waals surface area contributed by atoms with Crippen LogP contribution in [0.2, 0.25) is 0 Å². The predicted octanol–water partition coefficient (Wildman–Crippen LogP) is 0.287. The van der Waals surface area contributed by atoms with E-state index in [9.17, 15) is 0 Å². The molecule has 0 aromatic rings. The van der Waals surface area contributed by atoms with Crippen molar-refractivity contribution in [3.63, 3.8) is 0 Å². The Labute approximate surface area is 133 Å². The number of rotatable bonds is 2. The van der Waals surface area contributed by atoms with Crippen LogP contribution in [0.15, 0.2) is 10.2 Å². The molecule has 4 aliphatic carbocycles. The third kappa shape index (κ3) is 1.88. The van der Waals surface area contributed by atoms with Crippen LogP contribution in [0.25, 0.3) is 0 Å². The maximum absolute atomic E-state index is 5.49. The molecule has 0 spiro atoms. The van der Waals surface area contributed by atoms with Crippen LogP contribution in [0.3, 0.4) is 0 Å². The Balaban J connectivity index is 1.63. The Morgan fingerprint density at radius 2 is 1.29 bits per heavy atom. The average molecular weight is 322 g/mol. The molecule has 4 aliphatic rings. The Kier molecular flexibility index (Phi) is 2.94. The molecule has 6 N–H and O–H groups in total. The zero-order valence-corrected chi connectivity index (χ0v) is 13.1. The van der Waals surface area contributed by atoms with Crippen molar-refractivity contribution in [2.75, 3.05) is 0 Å². The lowest BCUT2D eigenvalue weighted by molar-refractivity contribution is 0.242. The van der Waals surface area contributed by atoms with Crippen molar-refractivity contribution >= 4 is 46.1 Å². The summed E-state index contributed by atoms with van der Waals surface area (Å²) in [6.07, 6.45) is 3.47. The van der Waals surface area contributed by atoms with Gasteiger partial charge in [0.15, 0.2) is 10.2 Å². The highest BCUT2D eigenvalue weighted by Gasteiger charge is 2.67. The van der Waals surface area contributed by atoms with Crippen LogP contribution in [-0.4, -0.2) is 21.6 Å². The molecule has 2 bridgehead atoms. The highest BCUT2D eigenvalue weighted by molar-refractivity contribution is 7.80. The number of hydrogen-bond acceptors (Lipinski definition) is 4. The lowest BCUT2D eigenvalue weighted by atomic mass is 9.79. The Hall–Kier alpha value is -1.28. The largest absolute Gasteiger partial charge is 0.375 e. The summed E-state index contributed by atoms with van der Waals surface area (Å²) in [5, 5.41) is 9.39. The Morgan fingerprint density at radius 1 is 0.857 bits per heavy atom. The highest BCUT2D eigenvalue weighted by Crippen LogP contribution is 2.68. The highest BCUT2D eigenvalue weighted by atomic mass is 32.1. The van der Waals surface area contributed by atoms with Gasteiger partial charge in [-0.2, -0.15) is 10.2 Å². The maximum atomic E-state index is 5.49. The van der Waals surface area contributed by atoms with Gasteiger partial charge < -0.3 is 11.5 Å². The minimum atomic E-state index is 0.227. The molecule has 0 aromatic heterocycles. The second kappa shape index (κ2) is 4.61. The first-order valence-corrected chi connectivity index (χ1v) is 8.11. The van der Waals surface area contributed by atoms with Gasteiger partial charge in [0.25, 0.3) is 0 Å². The first-order chi connectivity index (χ1) is 10.1. The quantitative estimate of drug-likeness (QED) is 0.430. The number of nitrogens with one attached hydrogen (secondary N) is 2. The fraction of sp³-hybridized carbons (Fsp3) is 0.692. The summed E-state index contributed by atoms with van der Waals surface area (Å²) >= 11 is 9.70. The SMILES string of the molecule is NC(=S)NN=C1CC2C3CC(=NNC(N)=S)C4C3CC2C14. The summed E-state index contributed by atoms with van der Waals surface area (Å²) in [4.78, 5) is 0. The molecule has 0 heterocycles. The van der Waals surface area contributed by atoms with E-state index < -0.39 is 0 Å². The molecule has 0 radical (unpaired) electrons. The maximum Gasteiger partial charge on any atom is 0.184 e. The summed E-state index contributed by atoms with van der Waals surface area (Å²) in [7, 11) is 0. The van der Waals surface area contributed by atoms with Crippen molar-refractivity contribution < 1.29 is 0 Å². The lowest BCUT2D eigenvalue weighted by Gasteiger charge is -2.24. The predicted molar refractivity (Wildman–Crippen MR) is 89.5 cm³/mol. The molecule has 6 nitrogen and oxygen atoms in total. The third-order valence-corrected chi connectivity index (χ3v) is 5.96. The molecule has 21 heavy (non-hydrogen) atoms. The second-order valence-electron chi connectivity index (χ2n) is 6.51. The molecule has 112 valence electrons. The van der Waals surface area contributed by atoms with Gasteiger partial charge in [0, 0.05) is 23.3 Å². The molecule has 6 unspecified atom stereocenters. The summed E-state index contributed by atoms with van der Waals surface area (Å²) < 4.78 is 0. The van der Waals surface area contributed by atoms with E-state index in [-0.39, 0.29) is 10.2 Å². The molecular weight excluding hydrogens is 304 g/mol. The topological polar surface area (TPSA) is 101 Å². The molecule has 0 amide bonds. The van der Waals surface area contributed by atoms with Crippen LogP contribution in [0, 0.1) is 35.5 Å². The van der Waals surface area contributed by atoms with Gasteiger partial charge in [-0.1, -0.05) is 0 Å². The van der Waals surface area contributed by atoms with Crippen LogP contribution in [0.5, 0.6) is 0 Å². The summed E-state index contributed by atoms with van der Waals surface area (Å²) in [5.74, 6) is 4.00. The van der Waals surface area contributed by atoms with Crippen LogP contribution < -0.4 is 22.3 Å². The Morgan fingerprint density at radius 3 is 1.67 bits per heavy atom. The number of hydrogen-bond donors (Lipinski definition) is 4. The van der Waals surface area contributed by atoms with E-state index in [1.807, 2.05) is 0 Å². The van der Waals surface area contributed by atoms with E-state index in [1.165, 1.54) is 17.8 Å². The van der Waals surface area contributed by atoms with Gasteiger partial charge in [0.05, 0.1) is 0 Å². The van der Waals surface area contributed by atoms with E-state index >= 15 is 0 Å². The van der Waals surface area contributed by atoms with Crippen LogP contribution in [0.4, 0.5) is 0 Å². The normalized spacial score (nSPS) is 45.5. The molecule has 8 heteroatoms. The summed E-state index contributed by atoms with van der Waals surface area (Å²) in [6, 6.07) is 0. The minimum Gasteiger partial charge on any atom is -0.375 e. The van der Waals surface area contributed by atoms with E-state index in [1.54, 1.807) is 0 Å². The van der Waals surface area contributed by atoms with Crippen LogP contribution in [-0.2, 0) is 0 Å². The molecule has 6 atom stereocenters. The van der Waals surface area contributed by atoms with Crippen molar-refractivity contribution in [1.29, 1.82) is 0 Å². The van der Waals surface area contributed by atoms with Crippen molar-refractivity contribution in [3.8, 4) is 0 Å². The number of nitrogens with zero attached hydrogens (tertiary/aromatic N) is 2. The minimum absolute atomic E-state index is 0.227. The van der Waals surface area contributed by atoms with Gasteiger partial charge in [-0.05, 0) is 67.4 Å². The first kappa shape index (κ1) is 13.4. The van der Waals surface area contributed by atoms with E-state index in [0.717, 1.165) is 36.5 Å². The number of thiocarbonyl (C=S) groups is 2. The van der Waals surface area contributed by atoms with Crippen LogP contribution in [0.1, 0.15) is 19.3 Å². The molecule has 0 aliphatic heterocycles. The smallest absolute Gasteiger partial charge is 0.184 e. The second-order valence-corrected chi connectivity index (χ2v) is 7.39. The van der Waals surface area contributed by atoms with Crippen molar-refractivity contribution in [2.24, 2.45) is 57.2 Å². The van der Waals surface area contributed by atoms with Crippen molar-refractivity contribution in [1.82, 2.24) is 10.9 Å². The van der Waals surface area contributed by atoms with Gasteiger partial charge in [0.1, 0.15) is 0 Å².